The quantitative estimate of drug-likeness (QED) is 0.658. The van der Waals surface area contributed by atoms with Crippen LogP contribution in [0.5, 0.6) is 0 Å². The van der Waals surface area contributed by atoms with Gasteiger partial charge in [-0.05, 0) is 37.5 Å². The first kappa shape index (κ1) is 24.4. The van der Waals surface area contributed by atoms with Crippen molar-refractivity contribution in [2.24, 2.45) is 0 Å². The molecule has 2 fully saturated rings. The lowest BCUT2D eigenvalue weighted by Crippen LogP contribution is -2.54. The Kier molecular flexibility index (Phi) is 7.64. The van der Waals surface area contributed by atoms with Crippen molar-refractivity contribution >= 4 is 17.4 Å². The lowest BCUT2D eigenvalue weighted by molar-refractivity contribution is -0.137. The van der Waals surface area contributed by atoms with Crippen LogP contribution in [0.3, 0.4) is 0 Å². The van der Waals surface area contributed by atoms with Crippen LogP contribution < -0.4 is 10.6 Å². The van der Waals surface area contributed by atoms with E-state index in [4.69, 9.17) is 9.47 Å². The molecule has 0 saturated carbocycles. The summed E-state index contributed by atoms with van der Waals surface area (Å²) in [6, 6.07) is 6.78. The van der Waals surface area contributed by atoms with Gasteiger partial charge >= 0.3 is 6.18 Å². The average Bonchev–Trinajstić information content (AvgIpc) is 2.84. The molecule has 0 spiro atoms. The van der Waals surface area contributed by atoms with Crippen LogP contribution in [0.15, 0.2) is 36.7 Å². The molecule has 184 valence electrons. The number of benzene rings is 1. The summed E-state index contributed by atoms with van der Waals surface area (Å²) in [6.45, 7) is 2.45. The molecular weight excluding hydrogens is 451 g/mol. The van der Waals surface area contributed by atoms with E-state index in [0.717, 1.165) is 31.4 Å². The molecule has 2 aliphatic rings. The number of halogens is 3. The topological polar surface area (TPSA) is 88.6 Å². The standard InChI is InChI=1S/C23H28F3N5O3/c1-33-20-13-34-10-7-18(20)29-16-5-8-31(9-6-16)22(32)19-12-21(28-14-27-19)30-17-4-2-3-15(11-17)23(24,25)26/h2-4,11-12,14,16,18,20,29H,5-10,13H2,1H3,(H,27,28,30)/t18-,20+/m1/s1. The SMILES string of the molecule is CO[C@H]1COCC[C@H]1NC1CCN(C(=O)c2cc(Nc3cccc(C(F)(F)F)c3)ncn2)CC1. The number of hydrogen-bond acceptors (Lipinski definition) is 7. The highest BCUT2D eigenvalue weighted by Gasteiger charge is 2.31. The molecule has 2 aromatic rings. The van der Waals surface area contributed by atoms with Gasteiger partial charge in [-0.1, -0.05) is 6.07 Å². The van der Waals surface area contributed by atoms with Crippen LogP contribution in [-0.4, -0.2) is 72.4 Å². The number of alkyl halides is 3. The fraction of sp³-hybridized carbons (Fsp3) is 0.522. The average molecular weight is 480 g/mol. The van der Waals surface area contributed by atoms with Crippen LogP contribution in [0.1, 0.15) is 35.3 Å². The first-order valence-electron chi connectivity index (χ1n) is 11.3. The van der Waals surface area contributed by atoms with Crippen molar-refractivity contribution in [3.8, 4) is 0 Å². The van der Waals surface area contributed by atoms with Crippen molar-refractivity contribution in [2.75, 3.05) is 38.7 Å². The number of likely N-dealkylation sites (tertiary alicyclic amines) is 1. The van der Waals surface area contributed by atoms with Crippen LogP contribution in [0.4, 0.5) is 24.7 Å². The number of aromatic nitrogens is 2. The van der Waals surface area contributed by atoms with Gasteiger partial charge in [0.1, 0.15) is 17.8 Å². The number of carbonyl (C=O) groups is 1. The van der Waals surface area contributed by atoms with Gasteiger partial charge in [0.05, 0.1) is 18.3 Å². The molecule has 2 N–H and O–H groups in total. The highest BCUT2D eigenvalue weighted by atomic mass is 19.4. The summed E-state index contributed by atoms with van der Waals surface area (Å²) in [5.41, 5.74) is -0.349. The maximum absolute atomic E-state index is 13.0. The number of rotatable bonds is 6. The van der Waals surface area contributed by atoms with E-state index >= 15 is 0 Å². The van der Waals surface area contributed by atoms with Gasteiger partial charge < -0.3 is 25.0 Å². The Morgan fingerprint density at radius 1 is 1.18 bits per heavy atom. The molecule has 2 aliphatic heterocycles. The molecule has 8 nitrogen and oxygen atoms in total. The molecule has 0 radical (unpaired) electrons. The first-order chi connectivity index (χ1) is 16.3. The van der Waals surface area contributed by atoms with Gasteiger partial charge in [0.15, 0.2) is 0 Å². The predicted molar refractivity (Wildman–Crippen MR) is 119 cm³/mol. The first-order valence-corrected chi connectivity index (χ1v) is 11.3. The molecule has 4 rings (SSSR count). The van der Waals surface area contributed by atoms with Crippen LogP contribution in [0.2, 0.25) is 0 Å². The van der Waals surface area contributed by atoms with Crippen molar-refractivity contribution < 1.29 is 27.4 Å². The van der Waals surface area contributed by atoms with E-state index in [2.05, 4.69) is 20.6 Å². The maximum atomic E-state index is 13.0. The van der Waals surface area contributed by atoms with E-state index < -0.39 is 11.7 Å². The minimum absolute atomic E-state index is 0.0252. The van der Waals surface area contributed by atoms with E-state index in [0.29, 0.717) is 26.3 Å². The second-order valence-corrected chi connectivity index (χ2v) is 8.47. The maximum Gasteiger partial charge on any atom is 0.416 e. The molecule has 34 heavy (non-hydrogen) atoms. The lowest BCUT2D eigenvalue weighted by atomic mass is 9.99. The normalized spacial score (nSPS) is 21.9. The smallest absolute Gasteiger partial charge is 0.379 e. The number of methoxy groups -OCH3 is 1. The summed E-state index contributed by atoms with van der Waals surface area (Å²) in [7, 11) is 1.69. The van der Waals surface area contributed by atoms with Crippen LogP contribution >= 0.6 is 0 Å². The summed E-state index contributed by atoms with van der Waals surface area (Å²) in [6.07, 6.45) is -0.689. The lowest BCUT2D eigenvalue weighted by Gasteiger charge is -2.38. The van der Waals surface area contributed by atoms with Gasteiger partial charge in [-0.15, -0.1) is 0 Å². The number of nitrogens with zero attached hydrogens (tertiary/aromatic N) is 3. The van der Waals surface area contributed by atoms with Crippen molar-refractivity contribution in [3.63, 3.8) is 0 Å². The Morgan fingerprint density at radius 2 is 1.97 bits per heavy atom. The molecule has 2 atom stereocenters. The van der Waals surface area contributed by atoms with E-state index in [9.17, 15) is 18.0 Å². The van der Waals surface area contributed by atoms with E-state index in [1.165, 1.54) is 24.5 Å². The Hall–Kier alpha value is -2.76. The Balaban J connectivity index is 1.34. The largest absolute Gasteiger partial charge is 0.416 e. The molecule has 1 amide bonds. The summed E-state index contributed by atoms with van der Waals surface area (Å²) in [5, 5.41) is 6.47. The van der Waals surface area contributed by atoms with Crippen molar-refractivity contribution in [1.29, 1.82) is 0 Å². The molecule has 3 heterocycles. The van der Waals surface area contributed by atoms with Gasteiger partial charge in [-0.25, -0.2) is 9.97 Å². The number of hydrogen-bond donors (Lipinski definition) is 2. The number of ether oxygens (including phenoxy) is 2. The van der Waals surface area contributed by atoms with Crippen LogP contribution in [0.25, 0.3) is 0 Å². The highest BCUT2D eigenvalue weighted by Crippen LogP contribution is 2.31. The summed E-state index contributed by atoms with van der Waals surface area (Å²) in [4.78, 5) is 22.8. The van der Waals surface area contributed by atoms with E-state index in [1.54, 1.807) is 12.0 Å². The highest BCUT2D eigenvalue weighted by molar-refractivity contribution is 5.93. The zero-order chi connectivity index (χ0) is 24.1. The minimum Gasteiger partial charge on any atom is -0.379 e. The van der Waals surface area contributed by atoms with Gasteiger partial charge in [0, 0.05) is 50.6 Å². The second kappa shape index (κ2) is 10.7. The fourth-order valence-corrected chi connectivity index (χ4v) is 4.31. The predicted octanol–water partition coefficient (Wildman–Crippen LogP) is 3.24. The Morgan fingerprint density at radius 3 is 2.71 bits per heavy atom. The Bertz CT molecular complexity index is 982. The third-order valence-electron chi connectivity index (χ3n) is 6.19. The number of amides is 1. The van der Waals surface area contributed by atoms with Gasteiger partial charge in [-0.2, -0.15) is 13.2 Å². The molecule has 11 heteroatoms. The molecular formula is C23H28F3N5O3. The Labute approximate surface area is 195 Å². The van der Waals surface area contributed by atoms with E-state index in [-0.39, 0.29) is 41.3 Å². The number of anilines is 2. The molecule has 2 saturated heterocycles. The second-order valence-electron chi connectivity index (χ2n) is 8.47. The van der Waals surface area contributed by atoms with Crippen LogP contribution in [-0.2, 0) is 15.7 Å². The van der Waals surface area contributed by atoms with Crippen molar-refractivity contribution in [2.45, 2.75) is 43.6 Å². The molecule has 0 bridgehead atoms. The number of piperidine rings is 1. The van der Waals surface area contributed by atoms with Gasteiger partial charge in [-0.3, -0.25) is 4.79 Å². The minimum atomic E-state index is -4.44. The third kappa shape index (κ3) is 6.02. The van der Waals surface area contributed by atoms with Crippen LogP contribution in [0, 0.1) is 0 Å². The molecule has 1 aromatic carbocycles. The van der Waals surface area contributed by atoms with E-state index in [1.807, 2.05) is 0 Å². The number of carbonyl (C=O) groups excluding carboxylic acids is 1. The molecule has 0 unspecified atom stereocenters. The summed E-state index contributed by atoms with van der Waals surface area (Å²) in [5.74, 6) is 0.0214. The monoisotopic (exact) mass is 479 g/mol. The van der Waals surface area contributed by atoms with Crippen molar-refractivity contribution in [3.05, 3.63) is 47.9 Å². The number of nitrogens with one attached hydrogen (secondary N) is 2. The molecule has 1 aromatic heterocycles. The zero-order valence-corrected chi connectivity index (χ0v) is 18.8. The summed E-state index contributed by atoms with van der Waals surface area (Å²) >= 11 is 0. The zero-order valence-electron chi connectivity index (χ0n) is 18.8. The summed E-state index contributed by atoms with van der Waals surface area (Å²) < 4.78 is 49.9. The van der Waals surface area contributed by atoms with Gasteiger partial charge in [0.2, 0.25) is 0 Å². The van der Waals surface area contributed by atoms with Crippen molar-refractivity contribution in [1.82, 2.24) is 20.2 Å². The van der Waals surface area contributed by atoms with Gasteiger partial charge in [0.25, 0.3) is 5.91 Å². The molecule has 0 aliphatic carbocycles. The fourth-order valence-electron chi connectivity index (χ4n) is 4.31. The third-order valence-corrected chi connectivity index (χ3v) is 6.19.